The van der Waals surface area contributed by atoms with Crippen molar-refractivity contribution in [1.29, 1.82) is 0 Å². The molecule has 4 heteroatoms. The maximum Gasteiger partial charge on any atom is 1.00 e. The first-order valence-corrected chi connectivity index (χ1v) is 5.29. The van der Waals surface area contributed by atoms with E-state index in [-0.39, 0.29) is 58.4 Å². The van der Waals surface area contributed by atoms with Gasteiger partial charge in [-0.15, -0.1) is 0 Å². The van der Waals surface area contributed by atoms with Crippen LogP contribution in [0, 0.1) is 6.92 Å². The molecule has 0 aliphatic carbocycles. The molecule has 0 atom stereocenters. The molecule has 0 heterocycles. The van der Waals surface area contributed by atoms with Gasteiger partial charge in [0, 0.05) is 39.0 Å². The maximum absolute atomic E-state index is 5.05. The Kier molecular flexibility index (Phi) is 23.3. The zero-order chi connectivity index (χ0) is 10.4. The first-order chi connectivity index (χ1) is 6.11. The summed E-state index contributed by atoms with van der Waals surface area (Å²) in [7, 11) is 0. The van der Waals surface area contributed by atoms with Crippen LogP contribution in [0.5, 0.6) is 0 Å². The third-order valence-corrected chi connectivity index (χ3v) is 2.12. The summed E-state index contributed by atoms with van der Waals surface area (Å²) < 4.78 is 0. The van der Waals surface area contributed by atoms with E-state index in [2.05, 4.69) is 32.9 Å². The van der Waals surface area contributed by atoms with Crippen LogP contribution >= 0.6 is 0 Å². The van der Waals surface area contributed by atoms with E-state index in [9.17, 15) is 0 Å². The first kappa shape index (κ1) is 26.0. The number of hydrogen-bond donors (Lipinski definition) is 0. The molecule has 0 aliphatic heterocycles. The van der Waals surface area contributed by atoms with Gasteiger partial charge in [0.2, 0.25) is 0 Å². The number of aryl methyl sites for hydroxylation is 1. The van der Waals surface area contributed by atoms with Crippen molar-refractivity contribution in [2.45, 2.75) is 45.4 Å². The predicted molar refractivity (Wildman–Crippen MR) is 62.2 cm³/mol. The zero-order valence-electron chi connectivity index (χ0n) is 10.3. The van der Waals surface area contributed by atoms with Gasteiger partial charge in [-0.2, -0.15) is 4.90 Å². The van der Waals surface area contributed by atoms with Crippen molar-refractivity contribution < 1.29 is 58.4 Å². The summed E-state index contributed by atoms with van der Waals surface area (Å²) >= 11 is 5.05. The molecular formula is C12H19Ru3S. The van der Waals surface area contributed by atoms with Gasteiger partial charge in [-0.1, -0.05) is 45.9 Å². The molecule has 0 spiro atoms. The Labute approximate surface area is 144 Å². The van der Waals surface area contributed by atoms with Crippen molar-refractivity contribution in [3.63, 3.8) is 0 Å². The van der Waals surface area contributed by atoms with Gasteiger partial charge in [0.15, 0.2) is 0 Å². The molecule has 0 unspecified atom stereocenters. The van der Waals surface area contributed by atoms with Gasteiger partial charge in [-0.3, -0.25) is 0 Å². The van der Waals surface area contributed by atoms with E-state index >= 15 is 0 Å². The molecule has 0 N–H and O–H groups in total. The summed E-state index contributed by atoms with van der Waals surface area (Å²) in [6.07, 6.45) is 0. The molecule has 0 amide bonds. The van der Waals surface area contributed by atoms with Gasteiger partial charge in [0.25, 0.3) is 0 Å². The van der Waals surface area contributed by atoms with E-state index in [0.717, 1.165) is 4.90 Å². The molecule has 0 aromatic heterocycles. The van der Waals surface area contributed by atoms with Crippen LogP contribution < -0.4 is 0 Å². The predicted octanol–water partition coefficient (Wildman–Crippen LogP) is 4.04. The number of benzene rings is 1. The third-order valence-electron chi connectivity index (χ3n) is 1.86. The molecule has 0 saturated heterocycles. The Morgan fingerprint density at radius 3 is 1.81 bits per heavy atom. The molecule has 0 fully saturated rings. The molecule has 1 aromatic rings. The molecule has 1 aromatic carbocycles. The summed E-state index contributed by atoms with van der Waals surface area (Å²) in [5, 5.41) is 0. The summed E-state index contributed by atoms with van der Waals surface area (Å²) in [6, 6.07) is 6.19. The van der Waals surface area contributed by atoms with Crippen molar-refractivity contribution >= 4 is 12.6 Å². The van der Waals surface area contributed by atoms with Crippen LogP contribution in [0.2, 0.25) is 0 Å². The molecule has 97 valence electrons. The standard InChI is InChI=1S/C10H14S.C2H6.3Ru/c1-7(2)10-5-4-9(11)6-8(10)3;1-2;;;/h4-7,11H,1-3H3;1-2H3;;;/q;;;;+1/p-1. The minimum Gasteiger partial charge on any atom is -0.780 e. The molecule has 0 aliphatic rings. The fraction of sp³-hybridized carbons (Fsp3) is 0.500. The van der Waals surface area contributed by atoms with E-state index < -0.39 is 0 Å². The largest absolute Gasteiger partial charge is 1.00 e. The molecule has 0 saturated carbocycles. The average molecular weight is 499 g/mol. The monoisotopic (exact) mass is 501 g/mol. The number of hydrogen-bond acceptors (Lipinski definition) is 1. The van der Waals surface area contributed by atoms with Crippen molar-refractivity contribution in [2.24, 2.45) is 0 Å². The van der Waals surface area contributed by atoms with Crippen molar-refractivity contribution in [2.75, 3.05) is 0 Å². The van der Waals surface area contributed by atoms with E-state index in [0.29, 0.717) is 5.92 Å². The van der Waals surface area contributed by atoms with E-state index in [1.54, 1.807) is 0 Å². The second-order valence-corrected chi connectivity index (χ2v) is 3.64. The summed E-state index contributed by atoms with van der Waals surface area (Å²) in [5.74, 6) is 0.602. The van der Waals surface area contributed by atoms with E-state index in [4.69, 9.17) is 12.6 Å². The van der Waals surface area contributed by atoms with Gasteiger partial charge >= 0.3 is 19.5 Å². The molecule has 0 nitrogen and oxygen atoms in total. The van der Waals surface area contributed by atoms with Crippen LogP contribution in [0.3, 0.4) is 0 Å². The molecule has 1 radical (unpaired) electrons. The van der Waals surface area contributed by atoms with Crippen LogP contribution in [0.4, 0.5) is 0 Å². The van der Waals surface area contributed by atoms with Crippen LogP contribution in [-0.4, -0.2) is 0 Å². The van der Waals surface area contributed by atoms with E-state index in [1.165, 1.54) is 11.1 Å². The second-order valence-electron chi connectivity index (χ2n) is 3.17. The van der Waals surface area contributed by atoms with Gasteiger partial charge in [0.05, 0.1) is 0 Å². The summed E-state index contributed by atoms with van der Waals surface area (Å²) in [5.41, 5.74) is 2.71. The van der Waals surface area contributed by atoms with E-state index in [1.807, 2.05) is 19.9 Å². The molecule has 1 rings (SSSR count). The van der Waals surface area contributed by atoms with Crippen LogP contribution in [-0.2, 0) is 71.1 Å². The van der Waals surface area contributed by atoms with Crippen molar-refractivity contribution in [1.82, 2.24) is 0 Å². The average Bonchev–Trinajstić information content (AvgIpc) is 2.07. The Hall–Kier alpha value is 1.31. The molecular weight excluding hydrogens is 479 g/mol. The first-order valence-electron chi connectivity index (χ1n) is 4.89. The van der Waals surface area contributed by atoms with Gasteiger partial charge < -0.3 is 12.6 Å². The second kappa shape index (κ2) is 14.4. The Balaban J connectivity index is -0.000000136. The molecule has 0 bridgehead atoms. The number of rotatable bonds is 1. The summed E-state index contributed by atoms with van der Waals surface area (Å²) in [6.45, 7) is 10.5. The smallest absolute Gasteiger partial charge is 0.780 e. The van der Waals surface area contributed by atoms with Crippen LogP contribution in [0.1, 0.15) is 44.7 Å². The minimum atomic E-state index is 0. The third kappa shape index (κ3) is 9.35. The maximum atomic E-state index is 5.05. The quantitative estimate of drug-likeness (QED) is 0.416. The summed E-state index contributed by atoms with van der Waals surface area (Å²) in [4.78, 5) is 0.937. The van der Waals surface area contributed by atoms with Gasteiger partial charge in [-0.05, 0) is 24.0 Å². The fourth-order valence-corrected chi connectivity index (χ4v) is 1.54. The van der Waals surface area contributed by atoms with Crippen LogP contribution in [0.25, 0.3) is 0 Å². The fourth-order valence-electron chi connectivity index (χ4n) is 1.30. The Morgan fingerprint density at radius 2 is 1.50 bits per heavy atom. The van der Waals surface area contributed by atoms with Crippen molar-refractivity contribution in [3.8, 4) is 0 Å². The van der Waals surface area contributed by atoms with Gasteiger partial charge in [-0.25, -0.2) is 0 Å². The normalized spacial score (nSPS) is 7.62. The Bertz CT molecular complexity index is 262. The SMILES string of the molecule is CC.Cc1cc([S-])ccc1C(C)C.[Ru+].[Ru].[Ru]. The van der Waals surface area contributed by atoms with Gasteiger partial charge in [0.1, 0.15) is 0 Å². The molecule has 16 heavy (non-hydrogen) atoms. The Morgan fingerprint density at radius 1 is 1.06 bits per heavy atom. The van der Waals surface area contributed by atoms with Crippen LogP contribution in [0.15, 0.2) is 23.1 Å². The topological polar surface area (TPSA) is 0 Å². The minimum absolute atomic E-state index is 0. The van der Waals surface area contributed by atoms with Crippen molar-refractivity contribution in [3.05, 3.63) is 29.3 Å². The zero-order valence-corrected chi connectivity index (χ0v) is 16.3.